The van der Waals surface area contributed by atoms with Gasteiger partial charge in [0.2, 0.25) is 10.0 Å². The molecule has 26 heavy (non-hydrogen) atoms. The van der Waals surface area contributed by atoms with Gasteiger partial charge in [0, 0.05) is 0 Å². The lowest BCUT2D eigenvalue weighted by Crippen LogP contribution is -2.40. The van der Waals surface area contributed by atoms with Gasteiger partial charge in [-0.1, -0.05) is 54.1 Å². The topological polar surface area (TPSA) is 92.8 Å². The Kier molecular flexibility index (Phi) is 5.26. The quantitative estimate of drug-likeness (QED) is 0.811. The van der Waals surface area contributed by atoms with Crippen molar-refractivity contribution in [2.24, 2.45) is 0 Å². The molecule has 2 amide bonds. The van der Waals surface area contributed by atoms with Crippen LogP contribution in [0.2, 0.25) is 5.02 Å². The van der Waals surface area contributed by atoms with Crippen LogP contribution in [0.1, 0.15) is 11.6 Å². The Labute approximate surface area is 155 Å². The fraction of sp³-hybridized carbons (Fsp3) is 0.176. The van der Waals surface area contributed by atoms with Crippen molar-refractivity contribution in [2.75, 3.05) is 13.2 Å². The van der Waals surface area contributed by atoms with Gasteiger partial charge in [0.15, 0.2) is 6.61 Å². The Hall–Kier alpha value is -2.42. The Morgan fingerprint density at radius 1 is 1.08 bits per heavy atom. The van der Waals surface area contributed by atoms with Crippen molar-refractivity contribution >= 4 is 33.6 Å². The third-order valence-electron chi connectivity index (χ3n) is 3.83. The number of benzene rings is 2. The summed E-state index contributed by atoms with van der Waals surface area (Å²) in [5.41, 5.74) is 0.593. The smallest absolute Gasteiger partial charge is 0.417 e. The van der Waals surface area contributed by atoms with Crippen molar-refractivity contribution in [3.8, 4) is 0 Å². The molecule has 3 rings (SSSR count). The SMILES string of the molecule is O=C1COC(=O)N1CC(NS(=O)(=O)c1ccccc1Cl)c1ccccc1. The predicted molar refractivity (Wildman–Crippen MR) is 94.0 cm³/mol. The number of nitrogens with zero attached hydrogens (tertiary/aromatic N) is 1. The molecule has 9 heteroatoms. The van der Waals surface area contributed by atoms with Gasteiger partial charge >= 0.3 is 6.09 Å². The summed E-state index contributed by atoms with van der Waals surface area (Å²) >= 11 is 6.00. The predicted octanol–water partition coefficient (Wildman–Crippen LogP) is 2.34. The van der Waals surface area contributed by atoms with Gasteiger partial charge < -0.3 is 4.74 Å². The van der Waals surface area contributed by atoms with Crippen LogP contribution in [0.4, 0.5) is 4.79 Å². The maximum absolute atomic E-state index is 12.8. The summed E-state index contributed by atoms with van der Waals surface area (Å²) in [7, 11) is -3.99. The minimum Gasteiger partial charge on any atom is -0.439 e. The van der Waals surface area contributed by atoms with Gasteiger partial charge in [-0.25, -0.2) is 22.8 Å². The van der Waals surface area contributed by atoms with E-state index in [2.05, 4.69) is 9.46 Å². The normalized spacial score (nSPS) is 15.8. The van der Waals surface area contributed by atoms with Crippen LogP contribution in [0.3, 0.4) is 0 Å². The maximum atomic E-state index is 12.8. The molecule has 136 valence electrons. The highest BCUT2D eigenvalue weighted by Crippen LogP contribution is 2.24. The molecule has 0 spiro atoms. The molecule has 0 aliphatic carbocycles. The van der Waals surface area contributed by atoms with E-state index in [9.17, 15) is 18.0 Å². The summed E-state index contributed by atoms with van der Waals surface area (Å²) in [4.78, 5) is 24.3. The zero-order valence-corrected chi connectivity index (χ0v) is 15.0. The van der Waals surface area contributed by atoms with Gasteiger partial charge in [-0.2, -0.15) is 0 Å². The molecule has 0 bridgehead atoms. The molecule has 1 fully saturated rings. The number of carbonyl (C=O) groups excluding carboxylic acids is 2. The number of amides is 2. The number of rotatable bonds is 6. The molecular weight excluding hydrogens is 380 g/mol. The van der Waals surface area contributed by atoms with E-state index in [-0.39, 0.29) is 23.1 Å². The number of sulfonamides is 1. The Morgan fingerprint density at radius 2 is 1.73 bits per heavy atom. The molecule has 2 aromatic carbocycles. The molecule has 7 nitrogen and oxygen atoms in total. The maximum Gasteiger partial charge on any atom is 0.417 e. The summed E-state index contributed by atoms with van der Waals surface area (Å²) < 4.78 is 32.7. The van der Waals surface area contributed by atoms with Gasteiger partial charge in [0.25, 0.3) is 5.91 Å². The van der Waals surface area contributed by atoms with E-state index in [1.807, 2.05) is 0 Å². The highest BCUT2D eigenvalue weighted by atomic mass is 35.5. The third-order valence-corrected chi connectivity index (χ3v) is 5.80. The van der Waals surface area contributed by atoms with Crippen LogP contribution < -0.4 is 4.72 Å². The van der Waals surface area contributed by atoms with Crippen molar-refractivity contribution in [1.29, 1.82) is 0 Å². The lowest BCUT2D eigenvalue weighted by molar-refractivity contribution is -0.126. The Morgan fingerprint density at radius 3 is 2.35 bits per heavy atom. The first-order valence-corrected chi connectivity index (χ1v) is 9.53. The van der Waals surface area contributed by atoms with Gasteiger partial charge in [0.05, 0.1) is 17.6 Å². The van der Waals surface area contributed by atoms with Crippen molar-refractivity contribution < 1.29 is 22.7 Å². The molecule has 0 aromatic heterocycles. The fourth-order valence-electron chi connectivity index (χ4n) is 2.55. The van der Waals surface area contributed by atoms with Crippen LogP contribution in [0.5, 0.6) is 0 Å². The summed E-state index contributed by atoms with van der Waals surface area (Å²) in [5.74, 6) is -0.520. The minimum atomic E-state index is -3.99. The van der Waals surface area contributed by atoms with Crippen molar-refractivity contribution in [2.45, 2.75) is 10.9 Å². The number of hydrogen-bond acceptors (Lipinski definition) is 5. The first kappa shape index (κ1) is 18.4. The summed E-state index contributed by atoms with van der Waals surface area (Å²) in [6.07, 6.45) is -0.798. The molecule has 1 aliphatic rings. The van der Waals surface area contributed by atoms with Gasteiger partial charge in [-0.3, -0.25) is 4.79 Å². The monoisotopic (exact) mass is 394 g/mol. The Balaban J connectivity index is 1.93. The van der Waals surface area contributed by atoms with Crippen molar-refractivity contribution in [1.82, 2.24) is 9.62 Å². The first-order chi connectivity index (χ1) is 12.4. The van der Waals surface area contributed by atoms with E-state index in [4.69, 9.17) is 11.6 Å². The van der Waals surface area contributed by atoms with Gasteiger partial charge in [-0.05, 0) is 17.7 Å². The number of halogens is 1. The lowest BCUT2D eigenvalue weighted by atomic mass is 10.1. The summed E-state index contributed by atoms with van der Waals surface area (Å²) in [5, 5.41) is 0.0727. The largest absolute Gasteiger partial charge is 0.439 e. The molecular formula is C17H15ClN2O5S. The van der Waals surface area contributed by atoms with E-state index in [0.29, 0.717) is 5.56 Å². The van der Waals surface area contributed by atoms with E-state index in [1.54, 1.807) is 42.5 Å². The van der Waals surface area contributed by atoms with Crippen LogP contribution in [-0.4, -0.2) is 38.5 Å². The lowest BCUT2D eigenvalue weighted by Gasteiger charge is -2.23. The molecule has 1 heterocycles. The van der Waals surface area contributed by atoms with Gasteiger partial charge in [-0.15, -0.1) is 0 Å². The van der Waals surface area contributed by atoms with Crippen LogP contribution in [0, 0.1) is 0 Å². The fourth-order valence-corrected chi connectivity index (χ4v) is 4.28. The second-order valence-electron chi connectivity index (χ2n) is 5.57. The highest BCUT2D eigenvalue weighted by Gasteiger charge is 2.35. The van der Waals surface area contributed by atoms with E-state index in [1.165, 1.54) is 12.1 Å². The number of imide groups is 1. The van der Waals surface area contributed by atoms with Crippen molar-refractivity contribution in [3.63, 3.8) is 0 Å². The zero-order chi connectivity index (χ0) is 18.7. The standard InChI is InChI=1S/C17H15ClN2O5S/c18-13-8-4-5-9-15(13)26(23,24)19-14(12-6-2-1-3-7-12)10-20-16(21)11-25-17(20)22/h1-9,14,19H,10-11H2. The number of ether oxygens (including phenoxy) is 1. The third kappa shape index (κ3) is 3.87. The molecule has 0 saturated carbocycles. The van der Waals surface area contributed by atoms with Crippen LogP contribution in [-0.2, 0) is 19.6 Å². The molecule has 1 atom stereocenters. The summed E-state index contributed by atoms with van der Waals surface area (Å²) in [6, 6.07) is 13.8. The molecule has 1 N–H and O–H groups in total. The number of cyclic esters (lactones) is 1. The zero-order valence-electron chi connectivity index (χ0n) is 13.5. The molecule has 1 saturated heterocycles. The number of carbonyl (C=O) groups is 2. The molecule has 0 radical (unpaired) electrons. The van der Waals surface area contributed by atoms with Crippen LogP contribution >= 0.6 is 11.6 Å². The average Bonchev–Trinajstić information content (AvgIpc) is 2.94. The second-order valence-corrected chi connectivity index (χ2v) is 7.66. The van der Waals surface area contributed by atoms with Crippen LogP contribution in [0.15, 0.2) is 59.5 Å². The molecule has 1 unspecified atom stereocenters. The second kappa shape index (κ2) is 7.45. The van der Waals surface area contributed by atoms with Crippen LogP contribution in [0.25, 0.3) is 0 Å². The van der Waals surface area contributed by atoms with E-state index >= 15 is 0 Å². The van der Waals surface area contributed by atoms with Crippen molar-refractivity contribution in [3.05, 3.63) is 65.2 Å². The van der Waals surface area contributed by atoms with E-state index < -0.39 is 28.1 Å². The highest BCUT2D eigenvalue weighted by molar-refractivity contribution is 7.89. The average molecular weight is 395 g/mol. The minimum absolute atomic E-state index is 0.0727. The Bertz CT molecular complexity index is 917. The molecule has 1 aliphatic heterocycles. The first-order valence-electron chi connectivity index (χ1n) is 7.67. The summed E-state index contributed by atoms with van der Waals surface area (Å²) in [6.45, 7) is -0.539. The number of hydrogen-bond donors (Lipinski definition) is 1. The number of nitrogens with one attached hydrogen (secondary N) is 1. The molecule has 2 aromatic rings. The van der Waals surface area contributed by atoms with Gasteiger partial charge in [0.1, 0.15) is 4.90 Å². The van der Waals surface area contributed by atoms with E-state index in [0.717, 1.165) is 4.90 Å².